The normalized spacial score (nSPS) is 19.6. The summed E-state index contributed by atoms with van der Waals surface area (Å²) in [4.78, 5) is 8.39. The maximum Gasteiger partial charge on any atom is 0.209 e. The maximum atomic E-state index is 2.96. The number of benzene rings is 4. The molecule has 70 heavy (non-hydrogen) atoms. The summed E-state index contributed by atoms with van der Waals surface area (Å²) in [7, 11) is 27.2. The Balaban J connectivity index is 1.47. The van der Waals surface area contributed by atoms with E-state index in [0.717, 1.165) is 25.7 Å². The van der Waals surface area contributed by atoms with Crippen molar-refractivity contribution < 1.29 is 0 Å². The number of allylic oxidation sites excluding steroid dienone is 8. The molecule has 0 fully saturated rings. The van der Waals surface area contributed by atoms with Crippen LogP contribution in [-0.4, -0.2) is 99.1 Å². The van der Waals surface area contributed by atoms with Crippen LogP contribution in [0.4, 0.5) is 34.1 Å². The van der Waals surface area contributed by atoms with Crippen molar-refractivity contribution in [2.24, 2.45) is 0 Å². The molecule has 3 unspecified atom stereocenters. The first-order valence-corrected chi connectivity index (χ1v) is 27.7. The monoisotopic (exact) mass is 908 g/mol. The molecule has 0 spiro atoms. The van der Waals surface area contributed by atoms with Crippen LogP contribution >= 0.6 is 0 Å². The van der Waals surface area contributed by atoms with Gasteiger partial charge in [0.1, 0.15) is 86.3 Å². The minimum Gasteiger partial charge on any atom is -0.337 e. The van der Waals surface area contributed by atoms with Crippen LogP contribution in [0.2, 0.25) is 11.6 Å². The summed E-state index contributed by atoms with van der Waals surface area (Å²) >= 11 is 0. The molecule has 0 saturated heterocycles. The van der Waals surface area contributed by atoms with E-state index < -0.39 is 0 Å². The van der Waals surface area contributed by atoms with Crippen molar-refractivity contribution in [3.8, 4) is 0 Å². The first-order valence-electron chi connectivity index (χ1n) is 27.7. The van der Waals surface area contributed by atoms with Gasteiger partial charge in [-0.2, -0.15) is 0 Å². The zero-order chi connectivity index (χ0) is 49.9. The molecular formula is C55H73B12N3. The number of anilines is 6. The molecule has 0 amide bonds. The predicted octanol–water partition coefficient (Wildman–Crippen LogP) is 0.755. The second-order valence-corrected chi connectivity index (χ2v) is 22.0. The number of hydrogen-bond acceptors (Lipinski definition) is 3. The first-order chi connectivity index (χ1) is 33.7. The maximum absolute atomic E-state index is 2.96. The fraction of sp³-hybridized carbons (Fsp3) is 0.345. The summed E-state index contributed by atoms with van der Waals surface area (Å²) in [6.45, 7) is 9.73. The number of rotatable bonds is 17. The Kier molecular flexibility index (Phi) is 14.8. The fourth-order valence-corrected chi connectivity index (χ4v) is 14.1. The zero-order valence-electron chi connectivity index (χ0n) is 46.1. The van der Waals surface area contributed by atoms with Gasteiger partial charge in [0.15, 0.2) is 0 Å². The van der Waals surface area contributed by atoms with Crippen LogP contribution < -0.4 is 42.0 Å². The number of unbranched alkanes of at least 4 members (excludes halogenated alkanes) is 4. The summed E-state index contributed by atoms with van der Waals surface area (Å²) in [5, 5.41) is 0. The smallest absolute Gasteiger partial charge is 0.209 e. The number of nitrogens with zero attached hydrogens (tertiary/aromatic N) is 3. The highest BCUT2D eigenvalue weighted by molar-refractivity contribution is 6.83. The molecule has 0 bridgehead atoms. The van der Waals surface area contributed by atoms with Crippen molar-refractivity contribution >= 4 is 154 Å². The van der Waals surface area contributed by atoms with Gasteiger partial charge in [-0.15, -0.1) is 0 Å². The Hall–Kier alpha value is -4.50. The molecule has 3 atom stereocenters. The van der Waals surface area contributed by atoms with Gasteiger partial charge in [0, 0.05) is 51.5 Å². The molecular weight excluding hydrogens is 832 g/mol. The van der Waals surface area contributed by atoms with Gasteiger partial charge < -0.3 is 14.7 Å². The Morgan fingerprint density at radius 2 is 0.957 bits per heavy atom. The van der Waals surface area contributed by atoms with Crippen LogP contribution in [-0.2, 0) is 6.42 Å². The molecule has 0 N–H and O–H groups in total. The molecule has 9 rings (SSSR count). The van der Waals surface area contributed by atoms with Gasteiger partial charge in [0.05, 0.1) is 11.7 Å². The molecule has 4 aromatic carbocycles. The minimum atomic E-state index is 0.151. The van der Waals surface area contributed by atoms with E-state index in [4.69, 9.17) is 0 Å². The third-order valence-corrected chi connectivity index (χ3v) is 18.4. The Labute approximate surface area is 434 Å². The highest BCUT2D eigenvalue weighted by Gasteiger charge is 2.58. The van der Waals surface area contributed by atoms with Gasteiger partial charge in [0.25, 0.3) is 0 Å². The van der Waals surface area contributed by atoms with E-state index in [9.17, 15) is 0 Å². The van der Waals surface area contributed by atoms with Gasteiger partial charge in [-0.1, -0.05) is 172 Å². The molecule has 15 heteroatoms. The van der Waals surface area contributed by atoms with E-state index >= 15 is 0 Å². The SMILES string of the molecule is BC1=C(CCCC)C2B3c4c(cc(N(c5ccccc5)c5ccccc5)cc4N(C4C(B)=C(B)C(CCCC)=C4B)C4=C(B)C(B)=C(CCCC)C34)N(c3c(B)c(B)c(CCCC)c(B)c3B)C2=C1B. The first kappa shape index (κ1) is 50.4. The number of hydrogen-bond donors (Lipinski definition) is 0. The van der Waals surface area contributed by atoms with Gasteiger partial charge in [0.2, 0.25) is 6.71 Å². The van der Waals surface area contributed by atoms with Crippen LogP contribution in [0.15, 0.2) is 139 Å². The van der Waals surface area contributed by atoms with E-state index in [1.54, 1.807) is 44.4 Å². The molecule has 2 aliphatic heterocycles. The molecule has 0 radical (unpaired) electrons. The summed E-state index contributed by atoms with van der Waals surface area (Å²) in [6, 6.07) is 27.8. The van der Waals surface area contributed by atoms with E-state index in [1.807, 2.05) is 0 Å². The second kappa shape index (κ2) is 20.5. The minimum absolute atomic E-state index is 0.151. The quantitative estimate of drug-likeness (QED) is 0.145. The van der Waals surface area contributed by atoms with E-state index in [2.05, 4.69) is 202 Å². The number of fused-ring (bicyclic) bond motifs is 4. The average molecular weight is 906 g/mol. The van der Waals surface area contributed by atoms with Gasteiger partial charge in [-0.25, -0.2) is 0 Å². The topological polar surface area (TPSA) is 9.72 Å². The van der Waals surface area contributed by atoms with Crippen LogP contribution in [0.1, 0.15) is 104 Å². The van der Waals surface area contributed by atoms with E-state index in [1.165, 1.54) is 140 Å². The third kappa shape index (κ3) is 8.05. The molecule has 4 aromatic rings. The fourth-order valence-electron chi connectivity index (χ4n) is 14.1. The summed E-state index contributed by atoms with van der Waals surface area (Å²) in [6.07, 6.45) is 14.3. The Morgan fingerprint density at radius 3 is 1.49 bits per heavy atom. The lowest BCUT2D eigenvalue weighted by atomic mass is 9.25. The molecule has 5 aliphatic rings. The van der Waals surface area contributed by atoms with Crippen molar-refractivity contribution in [3.63, 3.8) is 0 Å². The number of para-hydroxylation sites is 2. The molecule has 3 aliphatic carbocycles. The van der Waals surface area contributed by atoms with Crippen LogP contribution in [0.25, 0.3) is 0 Å². The van der Waals surface area contributed by atoms with Gasteiger partial charge in [-0.3, -0.25) is 0 Å². The largest absolute Gasteiger partial charge is 0.337 e. The third-order valence-electron chi connectivity index (χ3n) is 18.4. The predicted molar refractivity (Wildman–Crippen MR) is 341 cm³/mol. The Morgan fingerprint density at radius 1 is 0.486 bits per heavy atom. The van der Waals surface area contributed by atoms with Crippen LogP contribution in [0.5, 0.6) is 0 Å². The summed E-state index contributed by atoms with van der Waals surface area (Å²) in [5.41, 5.74) is 35.4. The zero-order valence-corrected chi connectivity index (χ0v) is 46.1. The molecule has 3 nitrogen and oxygen atoms in total. The second-order valence-electron chi connectivity index (χ2n) is 22.0. The highest BCUT2D eigenvalue weighted by Crippen LogP contribution is 2.62. The van der Waals surface area contributed by atoms with Crippen molar-refractivity contribution in [2.75, 3.05) is 14.7 Å². The van der Waals surface area contributed by atoms with Crippen molar-refractivity contribution in [1.82, 2.24) is 0 Å². The summed E-state index contributed by atoms with van der Waals surface area (Å²) in [5.74, 6) is 0.571. The van der Waals surface area contributed by atoms with Crippen molar-refractivity contribution in [2.45, 2.75) is 122 Å². The highest BCUT2D eigenvalue weighted by atomic mass is 15.2. The lowest BCUT2D eigenvalue weighted by Gasteiger charge is -2.54. The molecule has 0 aromatic heterocycles. The van der Waals surface area contributed by atoms with Crippen molar-refractivity contribution in [3.05, 3.63) is 145 Å². The molecule has 0 saturated carbocycles. The standard InChI is InChI=1S/C55H73B12N3/c1-5-9-23-32-38(56)45(63)53(46(64)39(32)57)70-37-28-31(68(29-19-15-13-16-20-29)30-21-17-14-18-22-30)27-36-51(37)67(50-35(26-12-8-4)42(60)48(66)55(50)70)49-34(25-11-7-3)41(59)47(65)54(49)69(36)52-43(61)33(24-10-6-2)40(58)44(52)62/h13-22,27-28,49-50,52H,5-12,23-26,56-66H2,1-4H3. The van der Waals surface area contributed by atoms with E-state index in [-0.39, 0.29) is 18.6 Å². The van der Waals surface area contributed by atoms with Gasteiger partial charge in [-0.05, 0) is 93.2 Å². The lowest BCUT2D eigenvalue weighted by Crippen LogP contribution is -2.59. The Bertz CT molecular complexity index is 2870. The van der Waals surface area contributed by atoms with E-state index in [0.29, 0.717) is 5.82 Å². The lowest BCUT2D eigenvalue weighted by molar-refractivity contribution is 0.739. The van der Waals surface area contributed by atoms with Crippen LogP contribution in [0.3, 0.4) is 0 Å². The van der Waals surface area contributed by atoms with Crippen molar-refractivity contribution in [1.29, 1.82) is 0 Å². The molecule has 344 valence electrons. The summed E-state index contributed by atoms with van der Waals surface area (Å²) < 4.78 is 0. The average Bonchev–Trinajstić information content (AvgIpc) is 3.85. The van der Waals surface area contributed by atoms with Gasteiger partial charge >= 0.3 is 0 Å². The molecule has 2 heterocycles. The van der Waals surface area contributed by atoms with Crippen LogP contribution in [0, 0.1) is 0 Å².